The molecule has 1 aliphatic heterocycles. The molecule has 1 N–H and O–H groups in total. The summed E-state index contributed by atoms with van der Waals surface area (Å²) in [5.74, 6) is -0.335. The normalized spacial score (nSPS) is 20.4. The monoisotopic (exact) mass is 453 g/mol. The Morgan fingerprint density at radius 2 is 2.07 bits per heavy atom. The number of thiazole rings is 1. The van der Waals surface area contributed by atoms with Crippen LogP contribution in [0.25, 0.3) is 0 Å². The second kappa shape index (κ2) is 8.83. The molecule has 0 radical (unpaired) electrons. The van der Waals surface area contributed by atoms with Crippen LogP contribution < -0.4 is 5.32 Å². The smallest absolute Gasteiger partial charge is 0.252 e. The van der Waals surface area contributed by atoms with Gasteiger partial charge in [-0.25, -0.2) is 13.4 Å². The highest BCUT2D eigenvalue weighted by atomic mass is 32.2. The Labute approximate surface area is 180 Å². The average molecular weight is 454 g/mol. The van der Waals surface area contributed by atoms with Crippen molar-refractivity contribution in [2.24, 2.45) is 5.92 Å². The van der Waals surface area contributed by atoms with Crippen LogP contribution in [0, 0.1) is 12.8 Å². The minimum atomic E-state index is -3.51. The van der Waals surface area contributed by atoms with E-state index in [2.05, 4.69) is 5.32 Å². The molecule has 0 bridgehead atoms. The van der Waals surface area contributed by atoms with Gasteiger partial charge in [0, 0.05) is 35.8 Å². The zero-order chi connectivity index (χ0) is 20.4. The van der Waals surface area contributed by atoms with Gasteiger partial charge in [-0.15, -0.1) is 22.7 Å². The van der Waals surface area contributed by atoms with Gasteiger partial charge in [0.1, 0.15) is 4.21 Å². The summed E-state index contributed by atoms with van der Waals surface area (Å²) in [5.41, 5.74) is 1.25. The van der Waals surface area contributed by atoms with Crippen molar-refractivity contribution in [3.63, 3.8) is 0 Å². The number of carbonyl (C=O) groups excluding carboxylic acids is 1. The number of rotatable bonds is 6. The quantitative estimate of drug-likeness (QED) is 0.729. The number of hydrogen-bond acceptors (Lipinski definition) is 6. The van der Waals surface area contributed by atoms with Gasteiger partial charge in [-0.3, -0.25) is 4.79 Å². The molecule has 3 heterocycles. The zero-order valence-electron chi connectivity index (χ0n) is 16.6. The Kier molecular flexibility index (Phi) is 6.38. The van der Waals surface area contributed by atoms with E-state index in [1.807, 2.05) is 13.0 Å². The first kappa shape index (κ1) is 21.0. The Hall–Kier alpha value is -1.29. The van der Waals surface area contributed by atoms with Crippen LogP contribution in [0.5, 0.6) is 0 Å². The number of fused-ring (bicyclic) bond motifs is 1. The van der Waals surface area contributed by atoms with E-state index in [1.165, 1.54) is 39.1 Å². The Morgan fingerprint density at radius 1 is 1.24 bits per heavy atom. The topological polar surface area (TPSA) is 79.4 Å². The Bertz CT molecular complexity index is 957. The Balaban J connectivity index is 1.31. The number of amides is 1. The lowest BCUT2D eigenvalue weighted by Crippen LogP contribution is -2.45. The molecule has 1 fully saturated rings. The highest BCUT2D eigenvalue weighted by molar-refractivity contribution is 7.91. The lowest BCUT2D eigenvalue weighted by atomic mass is 9.99. The zero-order valence-corrected chi connectivity index (χ0v) is 19.1. The second-order valence-corrected chi connectivity index (χ2v) is 12.4. The van der Waals surface area contributed by atoms with Crippen molar-refractivity contribution in [2.75, 3.05) is 19.6 Å². The minimum absolute atomic E-state index is 0.0476. The summed E-state index contributed by atoms with van der Waals surface area (Å²) in [5, 5.41) is 4.10. The number of nitrogens with zero attached hydrogens (tertiary/aromatic N) is 2. The SMILES string of the molecule is Cc1ccc(S(=O)(=O)N2CCCC(C(=O)NCCc3nc4c(s3)CCCC4)C2)s1. The molecule has 2 aromatic rings. The average Bonchev–Trinajstić information content (AvgIpc) is 3.34. The highest BCUT2D eigenvalue weighted by Crippen LogP contribution is 2.29. The summed E-state index contributed by atoms with van der Waals surface area (Å²) >= 11 is 3.06. The van der Waals surface area contributed by atoms with Gasteiger partial charge in [0.05, 0.1) is 16.6 Å². The van der Waals surface area contributed by atoms with Crippen molar-refractivity contribution in [3.05, 3.63) is 32.6 Å². The fourth-order valence-electron chi connectivity index (χ4n) is 4.00. The van der Waals surface area contributed by atoms with Crippen LogP contribution in [0.1, 0.15) is 46.1 Å². The number of sulfonamides is 1. The van der Waals surface area contributed by atoms with Gasteiger partial charge < -0.3 is 5.32 Å². The number of carbonyl (C=O) groups is 1. The predicted octanol–water partition coefficient (Wildman–Crippen LogP) is 3.15. The molecule has 0 aromatic carbocycles. The summed E-state index contributed by atoms with van der Waals surface area (Å²) in [7, 11) is -3.51. The van der Waals surface area contributed by atoms with Crippen LogP contribution in [0.15, 0.2) is 16.3 Å². The number of piperidine rings is 1. The minimum Gasteiger partial charge on any atom is -0.355 e. The van der Waals surface area contributed by atoms with Gasteiger partial charge in [0.25, 0.3) is 10.0 Å². The molecule has 1 saturated heterocycles. The number of nitrogens with one attached hydrogen (secondary N) is 1. The first-order valence-corrected chi connectivity index (χ1v) is 13.3. The maximum Gasteiger partial charge on any atom is 0.252 e. The van der Waals surface area contributed by atoms with E-state index in [0.29, 0.717) is 23.7 Å². The molecule has 6 nitrogen and oxygen atoms in total. The molecule has 4 rings (SSSR count). The largest absolute Gasteiger partial charge is 0.355 e. The maximum atomic E-state index is 12.9. The van der Waals surface area contributed by atoms with Gasteiger partial charge in [-0.2, -0.15) is 4.31 Å². The molecule has 2 aliphatic rings. The lowest BCUT2D eigenvalue weighted by molar-refractivity contribution is -0.126. The third-order valence-electron chi connectivity index (χ3n) is 5.59. The van der Waals surface area contributed by atoms with Crippen LogP contribution in [-0.4, -0.2) is 43.2 Å². The van der Waals surface area contributed by atoms with Gasteiger partial charge in [-0.1, -0.05) is 0 Å². The number of aryl methyl sites for hydroxylation is 3. The van der Waals surface area contributed by atoms with Crippen molar-refractivity contribution in [2.45, 2.75) is 56.1 Å². The van der Waals surface area contributed by atoms with E-state index in [0.717, 1.165) is 35.6 Å². The molecular weight excluding hydrogens is 426 g/mol. The number of thiophene rings is 1. The predicted molar refractivity (Wildman–Crippen MR) is 116 cm³/mol. The lowest BCUT2D eigenvalue weighted by Gasteiger charge is -2.30. The van der Waals surface area contributed by atoms with Gasteiger partial charge >= 0.3 is 0 Å². The fraction of sp³-hybridized carbons (Fsp3) is 0.600. The molecular formula is C20H27N3O3S3. The maximum absolute atomic E-state index is 12.9. The molecule has 1 atom stereocenters. The van der Waals surface area contributed by atoms with Gasteiger partial charge in [0.15, 0.2) is 0 Å². The van der Waals surface area contributed by atoms with Crippen LogP contribution in [0.2, 0.25) is 0 Å². The van der Waals surface area contributed by atoms with E-state index in [1.54, 1.807) is 17.4 Å². The Morgan fingerprint density at radius 3 is 2.83 bits per heavy atom. The van der Waals surface area contributed by atoms with Gasteiger partial charge in [0.2, 0.25) is 5.91 Å². The van der Waals surface area contributed by atoms with Crippen LogP contribution in [-0.2, 0) is 34.1 Å². The van der Waals surface area contributed by atoms with Gasteiger partial charge in [-0.05, 0) is 57.6 Å². The molecule has 29 heavy (non-hydrogen) atoms. The summed E-state index contributed by atoms with van der Waals surface area (Å²) in [6.07, 6.45) is 6.86. The second-order valence-electron chi connectivity index (χ2n) is 7.79. The van der Waals surface area contributed by atoms with E-state index in [4.69, 9.17) is 4.98 Å². The van der Waals surface area contributed by atoms with Crippen LogP contribution >= 0.6 is 22.7 Å². The molecule has 9 heteroatoms. The van der Waals surface area contributed by atoms with Crippen LogP contribution in [0.4, 0.5) is 0 Å². The van der Waals surface area contributed by atoms with E-state index < -0.39 is 10.0 Å². The summed E-state index contributed by atoms with van der Waals surface area (Å²) in [4.78, 5) is 19.8. The van der Waals surface area contributed by atoms with Crippen molar-refractivity contribution in [3.8, 4) is 0 Å². The first-order valence-electron chi connectivity index (χ1n) is 10.3. The molecule has 0 saturated carbocycles. The summed E-state index contributed by atoms with van der Waals surface area (Å²) < 4.78 is 27.6. The molecule has 158 valence electrons. The summed E-state index contributed by atoms with van der Waals surface area (Å²) in [6.45, 7) is 3.19. The number of hydrogen-bond donors (Lipinski definition) is 1. The number of aromatic nitrogens is 1. The van der Waals surface area contributed by atoms with Crippen LogP contribution in [0.3, 0.4) is 0 Å². The van der Waals surface area contributed by atoms with Crippen molar-refractivity contribution >= 4 is 38.6 Å². The summed E-state index contributed by atoms with van der Waals surface area (Å²) in [6, 6.07) is 3.48. The third-order valence-corrected chi connectivity index (χ3v) is 10.1. The highest BCUT2D eigenvalue weighted by Gasteiger charge is 2.33. The standard InChI is InChI=1S/C20H27N3O3S3/c1-14-8-9-19(27-14)29(25,26)23-12-4-5-15(13-23)20(24)21-11-10-18-22-16-6-2-3-7-17(16)28-18/h8-9,15H,2-7,10-13H2,1H3,(H,21,24). The molecule has 0 spiro atoms. The van der Waals surface area contributed by atoms with Crippen molar-refractivity contribution < 1.29 is 13.2 Å². The van der Waals surface area contributed by atoms with E-state index in [-0.39, 0.29) is 18.4 Å². The molecule has 1 unspecified atom stereocenters. The first-order chi connectivity index (χ1) is 13.9. The van der Waals surface area contributed by atoms with Crippen molar-refractivity contribution in [1.29, 1.82) is 0 Å². The van der Waals surface area contributed by atoms with E-state index >= 15 is 0 Å². The molecule has 1 aliphatic carbocycles. The molecule has 1 amide bonds. The fourth-order valence-corrected chi connectivity index (χ4v) is 8.12. The third kappa shape index (κ3) is 4.73. The van der Waals surface area contributed by atoms with E-state index in [9.17, 15) is 13.2 Å². The molecule has 2 aromatic heterocycles. The van der Waals surface area contributed by atoms with Crippen molar-refractivity contribution in [1.82, 2.24) is 14.6 Å².